The highest BCUT2D eigenvalue weighted by Gasteiger charge is 2.26. The monoisotopic (exact) mass is 210 g/mol. The number of carbonyl (C=O) groups excluding carboxylic acids is 1. The molecule has 14 heavy (non-hydrogen) atoms. The largest absolute Gasteiger partial charge is 0.273 e. The van der Waals surface area contributed by atoms with Crippen LogP contribution in [0.4, 0.5) is 5.69 Å². The van der Waals surface area contributed by atoms with Crippen molar-refractivity contribution in [3.63, 3.8) is 0 Å². The number of benzene rings is 1. The van der Waals surface area contributed by atoms with Gasteiger partial charge >= 0.3 is 0 Å². The highest BCUT2D eigenvalue weighted by molar-refractivity contribution is 6.30. The van der Waals surface area contributed by atoms with E-state index in [2.05, 4.69) is 5.43 Å². The van der Waals surface area contributed by atoms with Crippen molar-refractivity contribution in [2.45, 2.75) is 19.4 Å². The maximum Gasteiger partial charge on any atom is 0.242 e. The zero-order valence-electron chi connectivity index (χ0n) is 7.83. The molecule has 0 saturated carbocycles. The number of hydrazine groups is 1. The SMILES string of the molecule is CC1CC(=O)N(c2ccc(Cl)cc2)N1. The van der Waals surface area contributed by atoms with Gasteiger partial charge < -0.3 is 0 Å². The average molecular weight is 211 g/mol. The lowest BCUT2D eigenvalue weighted by molar-refractivity contribution is -0.117. The molecule has 1 heterocycles. The Labute approximate surface area is 87.6 Å². The number of anilines is 1. The summed E-state index contributed by atoms with van der Waals surface area (Å²) in [5, 5.41) is 2.24. The first kappa shape index (κ1) is 9.49. The van der Waals surface area contributed by atoms with E-state index in [9.17, 15) is 4.79 Å². The minimum atomic E-state index is 0.0971. The Kier molecular flexibility index (Phi) is 2.44. The first-order valence-corrected chi connectivity index (χ1v) is 4.89. The highest BCUT2D eigenvalue weighted by atomic mass is 35.5. The Morgan fingerprint density at radius 1 is 1.43 bits per heavy atom. The molecular weight excluding hydrogens is 200 g/mol. The number of hydrogen-bond donors (Lipinski definition) is 1. The number of carbonyl (C=O) groups is 1. The molecule has 1 amide bonds. The van der Waals surface area contributed by atoms with Crippen LogP contribution >= 0.6 is 11.6 Å². The van der Waals surface area contributed by atoms with Gasteiger partial charge in [0, 0.05) is 17.5 Å². The quantitative estimate of drug-likeness (QED) is 0.769. The first-order valence-electron chi connectivity index (χ1n) is 4.51. The lowest BCUT2D eigenvalue weighted by atomic mass is 10.2. The van der Waals surface area contributed by atoms with Gasteiger partial charge in [-0.3, -0.25) is 4.79 Å². The average Bonchev–Trinajstić information content (AvgIpc) is 2.47. The van der Waals surface area contributed by atoms with Gasteiger partial charge in [0.15, 0.2) is 0 Å². The minimum absolute atomic E-state index is 0.0971. The van der Waals surface area contributed by atoms with Gasteiger partial charge in [-0.05, 0) is 31.2 Å². The van der Waals surface area contributed by atoms with Crippen LogP contribution in [0.5, 0.6) is 0 Å². The second kappa shape index (κ2) is 3.59. The molecule has 1 atom stereocenters. The predicted molar refractivity (Wildman–Crippen MR) is 56.2 cm³/mol. The number of amides is 1. The minimum Gasteiger partial charge on any atom is -0.273 e. The molecule has 1 aromatic rings. The normalized spacial score (nSPS) is 21.7. The van der Waals surface area contributed by atoms with Crippen molar-refractivity contribution in [3.8, 4) is 0 Å². The fourth-order valence-corrected chi connectivity index (χ4v) is 1.63. The summed E-state index contributed by atoms with van der Waals surface area (Å²) >= 11 is 5.76. The molecule has 1 aromatic carbocycles. The molecule has 3 nitrogen and oxygen atoms in total. The molecule has 74 valence electrons. The third-order valence-corrected chi connectivity index (χ3v) is 2.42. The molecule has 0 bridgehead atoms. The maximum absolute atomic E-state index is 11.5. The van der Waals surface area contributed by atoms with Crippen LogP contribution in [0.1, 0.15) is 13.3 Å². The maximum atomic E-state index is 11.5. The van der Waals surface area contributed by atoms with E-state index >= 15 is 0 Å². The number of hydrogen-bond acceptors (Lipinski definition) is 2. The Hall–Kier alpha value is -1.06. The summed E-state index contributed by atoms with van der Waals surface area (Å²) in [6, 6.07) is 7.40. The number of halogens is 1. The molecule has 2 rings (SSSR count). The van der Waals surface area contributed by atoms with Crippen LogP contribution in [0, 0.1) is 0 Å². The van der Waals surface area contributed by atoms with Crippen LogP contribution in [-0.2, 0) is 4.79 Å². The van der Waals surface area contributed by atoms with E-state index in [0.29, 0.717) is 11.4 Å². The lowest BCUT2D eigenvalue weighted by Crippen LogP contribution is -2.36. The molecule has 1 fully saturated rings. The predicted octanol–water partition coefficient (Wildman–Crippen LogP) is 1.97. The highest BCUT2D eigenvalue weighted by Crippen LogP contribution is 2.20. The number of rotatable bonds is 1. The second-order valence-corrected chi connectivity index (χ2v) is 3.88. The van der Waals surface area contributed by atoms with Crippen LogP contribution in [-0.4, -0.2) is 11.9 Å². The van der Waals surface area contributed by atoms with Gasteiger partial charge in [-0.1, -0.05) is 11.6 Å². The van der Waals surface area contributed by atoms with Gasteiger partial charge in [-0.15, -0.1) is 0 Å². The summed E-state index contributed by atoms with van der Waals surface area (Å²) in [6.45, 7) is 1.98. The molecule has 1 aliphatic rings. The second-order valence-electron chi connectivity index (χ2n) is 3.44. The molecule has 0 aliphatic carbocycles. The fourth-order valence-electron chi connectivity index (χ4n) is 1.50. The van der Waals surface area contributed by atoms with Gasteiger partial charge in [-0.2, -0.15) is 0 Å². The first-order chi connectivity index (χ1) is 6.66. The number of nitrogens with one attached hydrogen (secondary N) is 1. The Morgan fingerprint density at radius 2 is 2.07 bits per heavy atom. The van der Waals surface area contributed by atoms with E-state index in [1.54, 1.807) is 17.1 Å². The van der Waals surface area contributed by atoms with E-state index < -0.39 is 0 Å². The van der Waals surface area contributed by atoms with Crippen molar-refractivity contribution >= 4 is 23.2 Å². The van der Waals surface area contributed by atoms with Crippen molar-refractivity contribution in [2.75, 3.05) is 5.01 Å². The van der Waals surface area contributed by atoms with Crippen molar-refractivity contribution in [3.05, 3.63) is 29.3 Å². The van der Waals surface area contributed by atoms with Crippen LogP contribution < -0.4 is 10.4 Å². The van der Waals surface area contributed by atoms with Crippen LogP contribution in [0.15, 0.2) is 24.3 Å². The molecule has 0 spiro atoms. The van der Waals surface area contributed by atoms with Crippen molar-refractivity contribution < 1.29 is 4.79 Å². The number of nitrogens with zero attached hydrogens (tertiary/aromatic N) is 1. The van der Waals surface area contributed by atoms with Crippen molar-refractivity contribution in [1.82, 2.24) is 5.43 Å². The van der Waals surface area contributed by atoms with Gasteiger partial charge in [0.1, 0.15) is 0 Å². The van der Waals surface area contributed by atoms with Crippen LogP contribution in [0.2, 0.25) is 5.02 Å². The summed E-state index contributed by atoms with van der Waals surface area (Å²) in [5.41, 5.74) is 3.92. The van der Waals surface area contributed by atoms with Gasteiger partial charge in [0.25, 0.3) is 0 Å². The molecule has 1 unspecified atom stereocenters. The van der Waals surface area contributed by atoms with E-state index in [1.807, 2.05) is 19.1 Å². The van der Waals surface area contributed by atoms with Gasteiger partial charge in [-0.25, -0.2) is 10.4 Å². The summed E-state index contributed by atoms with van der Waals surface area (Å²) in [7, 11) is 0. The third-order valence-electron chi connectivity index (χ3n) is 2.16. The zero-order valence-corrected chi connectivity index (χ0v) is 8.58. The smallest absolute Gasteiger partial charge is 0.242 e. The molecule has 0 radical (unpaired) electrons. The molecular formula is C10H11ClN2O. The van der Waals surface area contributed by atoms with Crippen molar-refractivity contribution in [2.24, 2.45) is 0 Å². The van der Waals surface area contributed by atoms with Gasteiger partial charge in [0.2, 0.25) is 5.91 Å². The molecule has 1 saturated heterocycles. The van der Waals surface area contributed by atoms with E-state index in [4.69, 9.17) is 11.6 Å². The fraction of sp³-hybridized carbons (Fsp3) is 0.300. The van der Waals surface area contributed by atoms with E-state index in [-0.39, 0.29) is 11.9 Å². The molecule has 0 aromatic heterocycles. The van der Waals surface area contributed by atoms with Crippen LogP contribution in [0.25, 0.3) is 0 Å². The summed E-state index contributed by atoms with van der Waals surface area (Å²) in [4.78, 5) is 11.5. The Morgan fingerprint density at radius 3 is 2.57 bits per heavy atom. The molecule has 1 aliphatic heterocycles. The topological polar surface area (TPSA) is 32.3 Å². The molecule has 4 heteroatoms. The lowest BCUT2D eigenvalue weighted by Gasteiger charge is -2.16. The molecule has 1 N–H and O–H groups in total. The van der Waals surface area contributed by atoms with Crippen molar-refractivity contribution in [1.29, 1.82) is 0 Å². The standard InChI is InChI=1S/C10H11ClN2O/c1-7-6-10(14)13(12-7)9-4-2-8(11)3-5-9/h2-5,7,12H,6H2,1H3. The zero-order chi connectivity index (χ0) is 10.1. The summed E-state index contributed by atoms with van der Waals surface area (Å²) in [5.74, 6) is 0.0971. The Bertz CT molecular complexity index is 350. The van der Waals surface area contributed by atoms with E-state index in [1.165, 1.54) is 0 Å². The third kappa shape index (κ3) is 1.74. The van der Waals surface area contributed by atoms with E-state index in [0.717, 1.165) is 5.69 Å². The van der Waals surface area contributed by atoms with Crippen LogP contribution in [0.3, 0.4) is 0 Å². The Balaban J connectivity index is 2.23. The summed E-state index contributed by atoms with van der Waals surface area (Å²) in [6.07, 6.45) is 0.544. The van der Waals surface area contributed by atoms with Gasteiger partial charge in [0.05, 0.1) is 5.69 Å². The summed E-state index contributed by atoms with van der Waals surface area (Å²) < 4.78 is 0.